The lowest BCUT2D eigenvalue weighted by atomic mass is 10.1. The van der Waals surface area contributed by atoms with Gasteiger partial charge in [0.25, 0.3) is 5.91 Å². The topological polar surface area (TPSA) is 73.3 Å². The van der Waals surface area contributed by atoms with Gasteiger partial charge in [-0.2, -0.15) is 0 Å². The maximum atomic E-state index is 12.2. The maximum absolute atomic E-state index is 12.2. The molecule has 0 aliphatic rings. The van der Waals surface area contributed by atoms with Crippen LogP contribution in [0, 0.1) is 0 Å². The fourth-order valence-corrected chi connectivity index (χ4v) is 1.72. The number of amides is 1. The molecule has 0 unspecified atom stereocenters. The number of carbonyl (C=O) groups is 1. The number of hydrogen-bond acceptors (Lipinski definition) is 5. The van der Waals surface area contributed by atoms with Crippen molar-refractivity contribution in [3.05, 3.63) is 41.3 Å². The third-order valence-electron chi connectivity index (χ3n) is 2.53. The zero-order chi connectivity index (χ0) is 14.5. The van der Waals surface area contributed by atoms with Crippen molar-refractivity contribution >= 4 is 23.3 Å². The highest BCUT2D eigenvalue weighted by atomic mass is 35.5. The Morgan fingerprint density at radius 1 is 1.20 bits per heavy atom. The molecule has 1 N–H and O–H groups in total. The third-order valence-corrected chi connectivity index (χ3v) is 2.73. The number of carbonyl (C=O) groups excluding carboxylic acids is 1. The van der Waals surface area contributed by atoms with E-state index in [0.717, 1.165) is 0 Å². The van der Waals surface area contributed by atoms with E-state index < -0.39 is 0 Å². The third kappa shape index (κ3) is 3.16. The van der Waals surface area contributed by atoms with E-state index in [0.29, 0.717) is 22.9 Å². The number of benzene rings is 1. The number of nitrogens with one attached hydrogen (secondary N) is 1. The standard InChI is InChI=1S/C13H12ClN3O3/c1-19-8-3-4-10(20-2)9(5-8)13(18)17-12-6-11(14)15-7-16-12/h3-7H,1-2H3,(H,15,16,17,18). The molecular formula is C13H12ClN3O3. The Morgan fingerprint density at radius 3 is 2.65 bits per heavy atom. The molecule has 2 aromatic rings. The van der Waals surface area contributed by atoms with Crippen LogP contribution in [0.25, 0.3) is 0 Å². The van der Waals surface area contributed by atoms with E-state index in [-0.39, 0.29) is 11.1 Å². The molecule has 1 aromatic carbocycles. The Hall–Kier alpha value is -2.34. The van der Waals surface area contributed by atoms with Gasteiger partial charge in [-0.3, -0.25) is 4.79 Å². The van der Waals surface area contributed by atoms with Crippen molar-refractivity contribution in [1.29, 1.82) is 0 Å². The number of rotatable bonds is 4. The predicted molar refractivity (Wildman–Crippen MR) is 74.5 cm³/mol. The highest BCUT2D eigenvalue weighted by Gasteiger charge is 2.14. The van der Waals surface area contributed by atoms with Gasteiger partial charge in [-0.05, 0) is 18.2 Å². The summed E-state index contributed by atoms with van der Waals surface area (Å²) in [5.74, 6) is 0.913. The van der Waals surface area contributed by atoms with Crippen molar-refractivity contribution in [3.8, 4) is 11.5 Å². The fraction of sp³-hybridized carbons (Fsp3) is 0.154. The van der Waals surface area contributed by atoms with E-state index in [2.05, 4.69) is 15.3 Å². The molecule has 0 saturated heterocycles. The number of methoxy groups -OCH3 is 2. The molecule has 1 amide bonds. The molecule has 0 saturated carbocycles. The molecule has 0 atom stereocenters. The van der Waals surface area contributed by atoms with Crippen molar-refractivity contribution in [3.63, 3.8) is 0 Å². The Kier molecular flexibility index (Phi) is 4.37. The minimum Gasteiger partial charge on any atom is -0.497 e. The molecule has 0 bridgehead atoms. The number of halogens is 1. The summed E-state index contributed by atoms with van der Waals surface area (Å²) in [5, 5.41) is 2.86. The summed E-state index contributed by atoms with van der Waals surface area (Å²) in [4.78, 5) is 19.9. The molecule has 20 heavy (non-hydrogen) atoms. The average molecular weight is 294 g/mol. The van der Waals surface area contributed by atoms with E-state index in [4.69, 9.17) is 21.1 Å². The Bertz CT molecular complexity index is 634. The summed E-state index contributed by atoms with van der Waals surface area (Å²) >= 11 is 5.73. The molecule has 0 aliphatic carbocycles. The van der Waals surface area contributed by atoms with Gasteiger partial charge >= 0.3 is 0 Å². The van der Waals surface area contributed by atoms with E-state index in [1.54, 1.807) is 18.2 Å². The van der Waals surface area contributed by atoms with Crippen LogP contribution in [-0.2, 0) is 0 Å². The first kappa shape index (κ1) is 14.1. The van der Waals surface area contributed by atoms with Crippen LogP contribution in [0.4, 0.5) is 5.82 Å². The van der Waals surface area contributed by atoms with Crippen LogP contribution in [0.5, 0.6) is 11.5 Å². The first-order valence-electron chi connectivity index (χ1n) is 5.65. The zero-order valence-electron chi connectivity index (χ0n) is 10.9. The lowest BCUT2D eigenvalue weighted by Crippen LogP contribution is -2.14. The Labute approximate surface area is 120 Å². The minimum atomic E-state index is -0.379. The van der Waals surface area contributed by atoms with E-state index in [1.807, 2.05) is 0 Å². The SMILES string of the molecule is COc1ccc(OC)c(C(=O)Nc2cc(Cl)ncn2)c1. The molecular weight excluding hydrogens is 282 g/mol. The maximum Gasteiger partial charge on any atom is 0.260 e. The monoisotopic (exact) mass is 293 g/mol. The van der Waals surface area contributed by atoms with Crippen molar-refractivity contribution < 1.29 is 14.3 Å². The fourth-order valence-electron chi connectivity index (χ4n) is 1.58. The van der Waals surface area contributed by atoms with Crippen molar-refractivity contribution in [2.45, 2.75) is 0 Å². The first-order chi connectivity index (χ1) is 9.63. The smallest absolute Gasteiger partial charge is 0.260 e. The summed E-state index contributed by atoms with van der Waals surface area (Å²) < 4.78 is 10.2. The van der Waals surface area contributed by atoms with Crippen LogP contribution in [0.2, 0.25) is 5.15 Å². The number of aromatic nitrogens is 2. The van der Waals surface area contributed by atoms with Gasteiger partial charge in [-0.15, -0.1) is 0 Å². The summed E-state index contributed by atoms with van der Waals surface area (Å²) in [6.45, 7) is 0. The first-order valence-corrected chi connectivity index (χ1v) is 6.02. The minimum absolute atomic E-state index is 0.243. The highest BCUT2D eigenvalue weighted by molar-refractivity contribution is 6.29. The van der Waals surface area contributed by atoms with Crippen molar-refractivity contribution in [2.24, 2.45) is 0 Å². The Morgan fingerprint density at radius 2 is 2.00 bits per heavy atom. The molecule has 6 nitrogen and oxygen atoms in total. The predicted octanol–water partition coefficient (Wildman–Crippen LogP) is 2.40. The summed E-state index contributed by atoms with van der Waals surface area (Å²) in [6.07, 6.45) is 1.26. The van der Waals surface area contributed by atoms with Crippen LogP contribution < -0.4 is 14.8 Å². The van der Waals surface area contributed by atoms with Crippen LogP contribution in [0.15, 0.2) is 30.6 Å². The van der Waals surface area contributed by atoms with E-state index in [9.17, 15) is 4.79 Å². The second-order valence-electron chi connectivity index (χ2n) is 3.75. The summed E-state index contributed by atoms with van der Waals surface area (Å²) in [5.41, 5.74) is 0.335. The van der Waals surface area contributed by atoms with Gasteiger partial charge in [0.15, 0.2) is 0 Å². The Balaban J connectivity index is 2.28. The van der Waals surface area contributed by atoms with E-state index >= 15 is 0 Å². The average Bonchev–Trinajstić information content (AvgIpc) is 2.46. The van der Waals surface area contributed by atoms with Gasteiger partial charge < -0.3 is 14.8 Å². The molecule has 7 heteroatoms. The van der Waals surface area contributed by atoms with Crippen LogP contribution in [0.3, 0.4) is 0 Å². The lowest BCUT2D eigenvalue weighted by molar-refractivity contribution is 0.102. The van der Waals surface area contributed by atoms with Gasteiger partial charge in [-0.1, -0.05) is 11.6 Å². The molecule has 2 rings (SSSR count). The van der Waals surface area contributed by atoms with Gasteiger partial charge in [0.2, 0.25) is 0 Å². The highest BCUT2D eigenvalue weighted by Crippen LogP contribution is 2.24. The number of anilines is 1. The number of hydrogen-bond donors (Lipinski definition) is 1. The van der Waals surface area contributed by atoms with Gasteiger partial charge in [0, 0.05) is 6.07 Å². The molecule has 0 radical (unpaired) electrons. The van der Waals surface area contributed by atoms with Gasteiger partial charge in [0.05, 0.1) is 19.8 Å². The van der Waals surface area contributed by atoms with Crippen molar-refractivity contribution in [1.82, 2.24) is 9.97 Å². The molecule has 1 aromatic heterocycles. The van der Waals surface area contributed by atoms with Crippen LogP contribution in [0.1, 0.15) is 10.4 Å². The number of nitrogens with zero attached hydrogens (tertiary/aromatic N) is 2. The van der Waals surface area contributed by atoms with Crippen molar-refractivity contribution in [2.75, 3.05) is 19.5 Å². The quantitative estimate of drug-likeness (QED) is 0.876. The number of ether oxygens (including phenoxy) is 2. The summed E-state index contributed by atoms with van der Waals surface area (Å²) in [6, 6.07) is 6.39. The summed E-state index contributed by atoms with van der Waals surface area (Å²) in [7, 11) is 3.01. The van der Waals surface area contributed by atoms with Gasteiger partial charge in [0.1, 0.15) is 28.8 Å². The second-order valence-corrected chi connectivity index (χ2v) is 4.13. The normalized spacial score (nSPS) is 9.95. The van der Waals surface area contributed by atoms with E-state index in [1.165, 1.54) is 26.6 Å². The zero-order valence-corrected chi connectivity index (χ0v) is 11.6. The molecule has 0 aliphatic heterocycles. The second kappa shape index (κ2) is 6.21. The van der Waals surface area contributed by atoms with Crippen LogP contribution >= 0.6 is 11.6 Å². The van der Waals surface area contributed by atoms with Crippen LogP contribution in [-0.4, -0.2) is 30.1 Å². The molecule has 1 heterocycles. The largest absolute Gasteiger partial charge is 0.497 e. The molecule has 0 spiro atoms. The lowest BCUT2D eigenvalue weighted by Gasteiger charge is -2.10. The van der Waals surface area contributed by atoms with Gasteiger partial charge in [-0.25, -0.2) is 9.97 Å². The molecule has 104 valence electrons. The molecule has 0 fully saturated rings.